The van der Waals surface area contributed by atoms with Gasteiger partial charge in [-0.2, -0.15) is 0 Å². The quantitative estimate of drug-likeness (QED) is 0.910. The first-order chi connectivity index (χ1) is 11.0. The summed E-state index contributed by atoms with van der Waals surface area (Å²) in [4.78, 5) is 22.7. The van der Waals surface area contributed by atoms with E-state index in [4.69, 9.17) is 9.47 Å². The van der Waals surface area contributed by atoms with Crippen molar-refractivity contribution in [2.24, 2.45) is 0 Å². The third-order valence-corrected chi connectivity index (χ3v) is 3.27. The van der Waals surface area contributed by atoms with Crippen LogP contribution in [0.1, 0.15) is 16.1 Å². The van der Waals surface area contributed by atoms with Crippen molar-refractivity contribution in [1.82, 2.24) is 9.97 Å². The van der Waals surface area contributed by atoms with Crippen LogP contribution in [0, 0.1) is 6.92 Å². The fourth-order valence-corrected chi connectivity index (χ4v) is 1.98. The second-order valence-corrected chi connectivity index (χ2v) is 5.08. The Morgan fingerprint density at radius 1 is 1.22 bits per heavy atom. The molecule has 0 aliphatic carbocycles. The van der Waals surface area contributed by atoms with Crippen LogP contribution in [0.2, 0.25) is 0 Å². The summed E-state index contributed by atoms with van der Waals surface area (Å²) in [6.45, 7) is 1.77. The number of hydrogen-bond acceptors (Lipinski definition) is 6. The molecule has 0 saturated heterocycles. The molecular formula is C16H20N4O3. The van der Waals surface area contributed by atoms with Crippen molar-refractivity contribution in [2.45, 2.75) is 6.92 Å². The Morgan fingerprint density at radius 3 is 2.52 bits per heavy atom. The number of aryl methyl sites for hydroxylation is 1. The molecule has 1 heterocycles. The number of carbonyl (C=O) groups is 1. The van der Waals surface area contributed by atoms with Crippen LogP contribution in [-0.2, 0) is 0 Å². The topological polar surface area (TPSA) is 76.6 Å². The Bertz CT molecular complexity index is 716. The molecule has 0 atom stereocenters. The average Bonchev–Trinajstić information content (AvgIpc) is 2.54. The molecule has 0 aliphatic rings. The third kappa shape index (κ3) is 3.68. The molecular weight excluding hydrogens is 296 g/mol. The summed E-state index contributed by atoms with van der Waals surface area (Å²) in [5, 5.41) is 2.81. The maximum absolute atomic E-state index is 12.4. The number of aromatic nitrogens is 2. The number of carbonyl (C=O) groups excluding carboxylic acids is 1. The van der Waals surface area contributed by atoms with Crippen LogP contribution in [0.25, 0.3) is 0 Å². The maximum atomic E-state index is 12.4. The molecule has 122 valence electrons. The number of methoxy groups -OCH3 is 2. The molecule has 0 unspecified atom stereocenters. The first kappa shape index (κ1) is 16.5. The summed E-state index contributed by atoms with van der Waals surface area (Å²) in [6.07, 6.45) is 1.52. The zero-order chi connectivity index (χ0) is 17.0. The molecule has 23 heavy (non-hydrogen) atoms. The molecule has 1 aromatic heterocycles. The molecule has 7 nitrogen and oxygen atoms in total. The number of hydrogen-bond donors (Lipinski definition) is 1. The van der Waals surface area contributed by atoms with E-state index >= 15 is 0 Å². The van der Waals surface area contributed by atoms with Gasteiger partial charge in [0.1, 0.15) is 11.5 Å². The predicted molar refractivity (Wildman–Crippen MR) is 88.6 cm³/mol. The highest BCUT2D eigenvalue weighted by molar-refractivity contribution is 6.05. The van der Waals surface area contributed by atoms with Gasteiger partial charge in [-0.15, -0.1) is 0 Å². The molecule has 2 aromatic rings. The smallest absolute Gasteiger partial charge is 0.259 e. The van der Waals surface area contributed by atoms with Crippen molar-refractivity contribution < 1.29 is 14.3 Å². The summed E-state index contributed by atoms with van der Waals surface area (Å²) >= 11 is 0. The largest absolute Gasteiger partial charge is 0.497 e. The minimum absolute atomic E-state index is 0.295. The van der Waals surface area contributed by atoms with E-state index in [0.29, 0.717) is 34.4 Å². The highest BCUT2D eigenvalue weighted by Crippen LogP contribution is 2.29. The van der Waals surface area contributed by atoms with E-state index in [1.165, 1.54) is 13.3 Å². The van der Waals surface area contributed by atoms with Crippen LogP contribution in [0.15, 0.2) is 24.4 Å². The number of rotatable bonds is 5. The van der Waals surface area contributed by atoms with E-state index in [2.05, 4.69) is 15.3 Å². The summed E-state index contributed by atoms with van der Waals surface area (Å²) in [7, 11) is 6.79. The minimum Gasteiger partial charge on any atom is -0.497 e. The summed E-state index contributed by atoms with van der Waals surface area (Å²) in [5.41, 5.74) is 1.57. The Balaban J connectivity index is 2.25. The SMILES string of the molecule is COc1ccc(NC(=O)c2cnc(N(C)C)nc2C)c(OC)c1. The normalized spacial score (nSPS) is 10.1. The van der Waals surface area contributed by atoms with Crippen molar-refractivity contribution in [2.75, 3.05) is 38.5 Å². The first-order valence-electron chi connectivity index (χ1n) is 7.00. The molecule has 1 N–H and O–H groups in total. The Morgan fingerprint density at radius 2 is 1.96 bits per heavy atom. The van der Waals surface area contributed by atoms with Gasteiger partial charge in [-0.3, -0.25) is 4.79 Å². The van der Waals surface area contributed by atoms with Gasteiger partial charge in [0.15, 0.2) is 0 Å². The van der Waals surface area contributed by atoms with E-state index in [0.717, 1.165) is 0 Å². The van der Waals surface area contributed by atoms with E-state index in [9.17, 15) is 4.79 Å². The maximum Gasteiger partial charge on any atom is 0.259 e. The lowest BCUT2D eigenvalue weighted by molar-refractivity contribution is 0.102. The Labute approximate surface area is 135 Å². The van der Waals surface area contributed by atoms with Crippen LogP contribution in [-0.4, -0.2) is 44.2 Å². The van der Waals surface area contributed by atoms with Gasteiger partial charge >= 0.3 is 0 Å². The molecule has 0 fully saturated rings. The van der Waals surface area contributed by atoms with Gasteiger partial charge in [0.2, 0.25) is 5.95 Å². The lowest BCUT2D eigenvalue weighted by Crippen LogP contribution is -2.18. The number of nitrogens with zero attached hydrogens (tertiary/aromatic N) is 3. The lowest BCUT2D eigenvalue weighted by atomic mass is 10.2. The van der Waals surface area contributed by atoms with E-state index in [-0.39, 0.29) is 5.91 Å². The second kappa shape index (κ2) is 6.95. The van der Waals surface area contributed by atoms with Crippen LogP contribution >= 0.6 is 0 Å². The molecule has 2 rings (SSSR count). The van der Waals surface area contributed by atoms with E-state index in [1.807, 2.05) is 14.1 Å². The molecule has 7 heteroatoms. The number of ether oxygens (including phenoxy) is 2. The molecule has 0 aliphatic heterocycles. The number of anilines is 2. The fraction of sp³-hybridized carbons (Fsp3) is 0.312. The number of nitrogens with one attached hydrogen (secondary N) is 1. The van der Waals surface area contributed by atoms with Crippen molar-refractivity contribution in [3.8, 4) is 11.5 Å². The minimum atomic E-state index is -0.295. The van der Waals surface area contributed by atoms with Crippen molar-refractivity contribution in [1.29, 1.82) is 0 Å². The molecule has 0 bridgehead atoms. The summed E-state index contributed by atoms with van der Waals surface area (Å²) < 4.78 is 10.4. The van der Waals surface area contributed by atoms with Crippen molar-refractivity contribution in [3.05, 3.63) is 35.7 Å². The molecule has 1 amide bonds. The zero-order valence-corrected chi connectivity index (χ0v) is 13.9. The van der Waals surface area contributed by atoms with Gasteiger partial charge in [0, 0.05) is 26.4 Å². The number of benzene rings is 1. The summed E-state index contributed by atoms with van der Waals surface area (Å²) in [6, 6.07) is 5.17. The highest BCUT2D eigenvalue weighted by Gasteiger charge is 2.15. The Kier molecular flexibility index (Phi) is 5.00. The summed E-state index contributed by atoms with van der Waals surface area (Å²) in [5.74, 6) is 1.42. The Hall–Kier alpha value is -2.83. The van der Waals surface area contributed by atoms with Crippen molar-refractivity contribution >= 4 is 17.5 Å². The average molecular weight is 316 g/mol. The molecule has 1 aromatic carbocycles. The van der Waals surface area contributed by atoms with Gasteiger partial charge in [0.25, 0.3) is 5.91 Å². The number of amides is 1. The second-order valence-electron chi connectivity index (χ2n) is 5.08. The van der Waals surface area contributed by atoms with Gasteiger partial charge in [0.05, 0.1) is 31.2 Å². The van der Waals surface area contributed by atoms with Gasteiger partial charge < -0.3 is 19.7 Å². The van der Waals surface area contributed by atoms with E-state index in [1.54, 1.807) is 37.1 Å². The lowest BCUT2D eigenvalue weighted by Gasteiger charge is -2.14. The predicted octanol–water partition coefficient (Wildman–Crippen LogP) is 2.12. The molecule has 0 spiro atoms. The third-order valence-electron chi connectivity index (χ3n) is 3.27. The molecule has 0 saturated carbocycles. The van der Waals surface area contributed by atoms with Crippen LogP contribution in [0.3, 0.4) is 0 Å². The van der Waals surface area contributed by atoms with Gasteiger partial charge in [-0.25, -0.2) is 9.97 Å². The van der Waals surface area contributed by atoms with Crippen molar-refractivity contribution in [3.63, 3.8) is 0 Å². The molecule has 0 radical (unpaired) electrons. The first-order valence-corrected chi connectivity index (χ1v) is 7.00. The fourth-order valence-electron chi connectivity index (χ4n) is 1.98. The van der Waals surface area contributed by atoms with Crippen LogP contribution < -0.4 is 19.7 Å². The van der Waals surface area contributed by atoms with E-state index < -0.39 is 0 Å². The van der Waals surface area contributed by atoms with Crippen LogP contribution in [0.5, 0.6) is 11.5 Å². The zero-order valence-electron chi connectivity index (χ0n) is 13.9. The van der Waals surface area contributed by atoms with Crippen LogP contribution in [0.4, 0.5) is 11.6 Å². The van der Waals surface area contributed by atoms with Gasteiger partial charge in [-0.1, -0.05) is 0 Å². The van der Waals surface area contributed by atoms with Gasteiger partial charge in [-0.05, 0) is 19.1 Å². The highest BCUT2D eigenvalue weighted by atomic mass is 16.5. The standard InChI is InChI=1S/C16H20N4O3/c1-10-12(9-17-16(18-10)20(2)3)15(21)19-13-7-6-11(22-4)8-14(13)23-5/h6-9H,1-5H3,(H,19,21). The monoisotopic (exact) mass is 316 g/mol.